The van der Waals surface area contributed by atoms with Crippen LogP contribution in [-0.4, -0.2) is 35.4 Å². The molecule has 6 heteroatoms. The van der Waals surface area contributed by atoms with E-state index in [0.717, 1.165) is 70.3 Å². The van der Waals surface area contributed by atoms with Crippen LogP contribution in [0.25, 0.3) is 22.2 Å². The summed E-state index contributed by atoms with van der Waals surface area (Å²) in [6.45, 7) is 6.76. The molecule has 0 aliphatic rings. The van der Waals surface area contributed by atoms with E-state index in [1.807, 2.05) is 62.4 Å². The number of aliphatic carboxylic acids is 1. The van der Waals surface area contributed by atoms with Crippen molar-refractivity contribution in [2.75, 3.05) is 13.2 Å². The van der Waals surface area contributed by atoms with Gasteiger partial charge in [0.05, 0.1) is 12.3 Å². The fourth-order valence-corrected chi connectivity index (χ4v) is 4.81. The average molecular weight is 516 g/mol. The minimum absolute atomic E-state index is 0.311. The van der Waals surface area contributed by atoms with Crippen molar-refractivity contribution >= 4 is 16.7 Å². The Morgan fingerprint density at radius 3 is 2.42 bits per heavy atom. The van der Waals surface area contributed by atoms with Crippen molar-refractivity contribution in [2.24, 2.45) is 0 Å². The summed E-state index contributed by atoms with van der Waals surface area (Å²) in [5, 5.41) is 11.7. The van der Waals surface area contributed by atoms with E-state index in [9.17, 15) is 9.90 Å². The number of rotatable bonds is 14. The number of aromatic nitrogens is 1. The SMILES string of the molecule is CCCCCc1cc(CC(OCC)C(=O)O)c2ccccc2c1OCCc1nc(-c2ccccc2)oc1C. The lowest BCUT2D eigenvalue weighted by atomic mass is 9.93. The number of carboxylic acids is 1. The number of ether oxygens (including phenoxy) is 2. The fraction of sp³-hybridized carbons (Fsp3) is 0.375. The minimum Gasteiger partial charge on any atom is -0.492 e. The van der Waals surface area contributed by atoms with Gasteiger partial charge in [0.1, 0.15) is 11.5 Å². The first-order chi connectivity index (χ1) is 18.5. The maximum absolute atomic E-state index is 11.8. The molecule has 1 N–H and O–H groups in total. The lowest BCUT2D eigenvalue weighted by Gasteiger charge is -2.19. The Morgan fingerprint density at radius 2 is 1.71 bits per heavy atom. The Labute approximate surface area is 224 Å². The Morgan fingerprint density at radius 1 is 0.974 bits per heavy atom. The van der Waals surface area contributed by atoms with Gasteiger partial charge >= 0.3 is 5.97 Å². The highest BCUT2D eigenvalue weighted by molar-refractivity contribution is 5.93. The molecule has 6 nitrogen and oxygen atoms in total. The molecule has 1 atom stereocenters. The lowest BCUT2D eigenvalue weighted by Crippen LogP contribution is -2.26. The summed E-state index contributed by atoms with van der Waals surface area (Å²) in [6, 6.07) is 20.1. The Kier molecular flexibility index (Phi) is 9.55. The quantitative estimate of drug-likeness (QED) is 0.179. The number of oxazole rings is 1. The van der Waals surface area contributed by atoms with Crippen LogP contribution in [0.4, 0.5) is 0 Å². The van der Waals surface area contributed by atoms with Gasteiger partial charge in [-0.25, -0.2) is 9.78 Å². The van der Waals surface area contributed by atoms with Gasteiger partial charge < -0.3 is 19.0 Å². The van der Waals surface area contributed by atoms with Crippen LogP contribution < -0.4 is 4.74 Å². The average Bonchev–Trinajstić information content (AvgIpc) is 3.30. The minimum atomic E-state index is -0.943. The summed E-state index contributed by atoms with van der Waals surface area (Å²) in [6.07, 6.45) is 4.21. The van der Waals surface area contributed by atoms with Crippen molar-refractivity contribution < 1.29 is 23.8 Å². The van der Waals surface area contributed by atoms with Crippen LogP contribution in [0.15, 0.2) is 65.1 Å². The van der Waals surface area contributed by atoms with Crippen LogP contribution in [0.3, 0.4) is 0 Å². The molecule has 0 amide bonds. The number of hydrogen-bond acceptors (Lipinski definition) is 5. The summed E-state index contributed by atoms with van der Waals surface area (Å²) in [5.74, 6) is 1.34. The predicted octanol–water partition coefficient (Wildman–Crippen LogP) is 7.19. The number of aryl methyl sites for hydroxylation is 2. The van der Waals surface area contributed by atoms with Gasteiger partial charge in [0, 0.05) is 30.4 Å². The van der Waals surface area contributed by atoms with Crippen molar-refractivity contribution in [1.82, 2.24) is 4.98 Å². The van der Waals surface area contributed by atoms with Crippen LogP contribution in [0.5, 0.6) is 5.75 Å². The molecule has 0 saturated heterocycles. The number of benzene rings is 3. The molecule has 0 radical (unpaired) electrons. The van der Waals surface area contributed by atoms with Gasteiger partial charge in [-0.1, -0.05) is 68.3 Å². The summed E-state index contributed by atoms with van der Waals surface area (Å²) in [7, 11) is 0. The molecule has 4 aromatic rings. The summed E-state index contributed by atoms with van der Waals surface area (Å²) in [4.78, 5) is 16.5. The molecule has 0 saturated carbocycles. The maximum atomic E-state index is 11.8. The Hall–Kier alpha value is -3.64. The van der Waals surface area contributed by atoms with Crippen molar-refractivity contribution in [2.45, 2.75) is 65.4 Å². The van der Waals surface area contributed by atoms with E-state index < -0.39 is 12.1 Å². The molecule has 0 bridgehead atoms. The van der Waals surface area contributed by atoms with E-state index in [1.54, 1.807) is 0 Å². The molecule has 0 fully saturated rings. The molecule has 1 unspecified atom stereocenters. The van der Waals surface area contributed by atoms with Crippen LogP contribution in [0.2, 0.25) is 0 Å². The second-order valence-electron chi connectivity index (χ2n) is 9.50. The number of carboxylic acid groups (broad SMARTS) is 1. The third-order valence-electron chi connectivity index (χ3n) is 6.75. The van der Waals surface area contributed by atoms with Gasteiger partial charge in [-0.2, -0.15) is 0 Å². The summed E-state index contributed by atoms with van der Waals surface area (Å²) >= 11 is 0. The zero-order chi connectivity index (χ0) is 26.9. The highest BCUT2D eigenvalue weighted by Crippen LogP contribution is 2.35. The van der Waals surface area contributed by atoms with Crippen molar-refractivity contribution in [3.63, 3.8) is 0 Å². The standard InChI is InChI=1S/C32H37NO5/c1-4-6-8-15-24-20-25(21-29(32(34)35)36-5-2)26-16-11-12-17-27(26)30(24)37-19-18-28-22(3)38-31(33-28)23-13-9-7-10-14-23/h7,9-14,16-17,20,29H,4-6,8,15,18-19,21H2,1-3H3,(H,34,35). The zero-order valence-corrected chi connectivity index (χ0v) is 22.5. The number of carbonyl (C=O) groups is 1. The number of nitrogens with zero attached hydrogens (tertiary/aromatic N) is 1. The largest absolute Gasteiger partial charge is 0.492 e. The van der Waals surface area contributed by atoms with E-state index in [2.05, 4.69) is 19.1 Å². The molecular weight excluding hydrogens is 478 g/mol. The first-order valence-electron chi connectivity index (χ1n) is 13.5. The van der Waals surface area contributed by atoms with E-state index in [4.69, 9.17) is 18.9 Å². The van der Waals surface area contributed by atoms with Gasteiger partial charge in [-0.15, -0.1) is 0 Å². The smallest absolute Gasteiger partial charge is 0.333 e. The summed E-state index contributed by atoms with van der Waals surface area (Å²) in [5.41, 5.74) is 3.92. The highest BCUT2D eigenvalue weighted by atomic mass is 16.5. The van der Waals surface area contributed by atoms with E-state index >= 15 is 0 Å². The van der Waals surface area contributed by atoms with Crippen LogP contribution in [-0.2, 0) is 28.8 Å². The van der Waals surface area contributed by atoms with E-state index in [-0.39, 0.29) is 0 Å². The first-order valence-corrected chi connectivity index (χ1v) is 13.5. The van der Waals surface area contributed by atoms with Gasteiger partial charge in [-0.3, -0.25) is 0 Å². The normalized spacial score (nSPS) is 12.1. The lowest BCUT2D eigenvalue weighted by molar-refractivity contribution is -0.149. The highest BCUT2D eigenvalue weighted by Gasteiger charge is 2.22. The molecule has 0 spiro atoms. The van der Waals surface area contributed by atoms with Crippen LogP contribution in [0, 0.1) is 6.92 Å². The van der Waals surface area contributed by atoms with Gasteiger partial charge in [0.25, 0.3) is 0 Å². The van der Waals surface area contributed by atoms with Crippen molar-refractivity contribution in [3.05, 3.63) is 83.2 Å². The Bertz CT molecular complexity index is 1340. The predicted molar refractivity (Wildman–Crippen MR) is 150 cm³/mol. The van der Waals surface area contributed by atoms with Crippen molar-refractivity contribution in [3.8, 4) is 17.2 Å². The zero-order valence-electron chi connectivity index (χ0n) is 22.5. The number of hydrogen-bond donors (Lipinski definition) is 1. The molecule has 3 aromatic carbocycles. The van der Waals surface area contributed by atoms with Crippen molar-refractivity contribution in [1.29, 1.82) is 0 Å². The monoisotopic (exact) mass is 515 g/mol. The molecule has 1 aromatic heterocycles. The second-order valence-corrected chi connectivity index (χ2v) is 9.50. The molecule has 4 rings (SSSR count). The van der Waals surface area contributed by atoms with Crippen LogP contribution in [0.1, 0.15) is 55.7 Å². The third kappa shape index (κ3) is 6.62. The molecular formula is C32H37NO5. The van der Waals surface area contributed by atoms with Gasteiger partial charge in [-0.05, 0) is 55.3 Å². The maximum Gasteiger partial charge on any atom is 0.333 e. The topological polar surface area (TPSA) is 81.8 Å². The van der Waals surface area contributed by atoms with Crippen LogP contribution >= 0.6 is 0 Å². The van der Waals surface area contributed by atoms with Gasteiger partial charge in [0.15, 0.2) is 6.10 Å². The molecule has 0 aliphatic heterocycles. The molecule has 0 aliphatic carbocycles. The number of fused-ring (bicyclic) bond motifs is 1. The Balaban J connectivity index is 1.61. The third-order valence-corrected chi connectivity index (χ3v) is 6.75. The fourth-order valence-electron chi connectivity index (χ4n) is 4.81. The molecule has 200 valence electrons. The second kappa shape index (κ2) is 13.2. The van der Waals surface area contributed by atoms with E-state index in [0.29, 0.717) is 31.9 Å². The summed E-state index contributed by atoms with van der Waals surface area (Å²) < 4.78 is 17.9. The molecule has 38 heavy (non-hydrogen) atoms. The first kappa shape index (κ1) is 27.4. The van der Waals surface area contributed by atoms with E-state index in [1.165, 1.54) is 0 Å². The number of unbranched alkanes of at least 4 members (excludes halogenated alkanes) is 2. The van der Waals surface area contributed by atoms with Gasteiger partial charge in [0.2, 0.25) is 5.89 Å². The molecule has 1 heterocycles.